The minimum Gasteiger partial charge on any atom is -0.325 e. The zero-order chi connectivity index (χ0) is 15.9. The molecule has 0 saturated heterocycles. The smallest absolute Gasteiger partial charge is 0.169 e. The van der Waals surface area contributed by atoms with Crippen LogP contribution in [0.3, 0.4) is 0 Å². The van der Waals surface area contributed by atoms with Gasteiger partial charge in [-0.1, -0.05) is 0 Å². The van der Waals surface area contributed by atoms with E-state index < -0.39 is 0 Å². The van der Waals surface area contributed by atoms with Gasteiger partial charge in [0.05, 0.1) is 23.8 Å². The van der Waals surface area contributed by atoms with Crippen molar-refractivity contribution < 1.29 is 0 Å². The number of fused-ring (bicyclic) bond motifs is 1. The van der Waals surface area contributed by atoms with E-state index in [4.69, 9.17) is 4.98 Å². The minimum atomic E-state index is 0.691. The molecule has 0 amide bonds. The summed E-state index contributed by atoms with van der Waals surface area (Å²) in [5, 5.41) is 2.91. The molecule has 24 heavy (non-hydrogen) atoms. The van der Waals surface area contributed by atoms with E-state index in [2.05, 4.69) is 24.1 Å². The van der Waals surface area contributed by atoms with Crippen LogP contribution in [0, 0.1) is 5.92 Å². The second-order valence-corrected chi connectivity index (χ2v) is 7.06. The molecular weight excluding hydrogens is 320 g/mol. The molecule has 4 aromatic rings. The molecule has 1 fully saturated rings. The molecule has 0 bridgehead atoms. The summed E-state index contributed by atoms with van der Waals surface area (Å²) in [6, 6.07) is 1.98. The predicted octanol–water partition coefficient (Wildman–Crippen LogP) is 3.21. The molecule has 0 N–H and O–H groups in total. The highest BCUT2D eigenvalue weighted by Crippen LogP contribution is 2.32. The zero-order valence-corrected chi connectivity index (χ0v) is 13.9. The van der Waals surface area contributed by atoms with E-state index in [9.17, 15) is 0 Å². The number of imidazole rings is 2. The molecule has 1 aliphatic rings. The van der Waals surface area contributed by atoms with E-state index in [1.54, 1.807) is 17.5 Å². The summed E-state index contributed by atoms with van der Waals surface area (Å²) in [7, 11) is 0. The number of hydrogen-bond donors (Lipinski definition) is 0. The van der Waals surface area contributed by atoms with Gasteiger partial charge in [-0.05, 0) is 24.8 Å². The fourth-order valence-corrected chi connectivity index (χ4v) is 3.67. The van der Waals surface area contributed by atoms with Crippen molar-refractivity contribution in [2.75, 3.05) is 0 Å². The monoisotopic (exact) mass is 336 g/mol. The van der Waals surface area contributed by atoms with Crippen molar-refractivity contribution >= 4 is 22.4 Å². The van der Waals surface area contributed by atoms with Crippen molar-refractivity contribution in [3.8, 4) is 10.8 Å². The molecule has 0 spiro atoms. The first-order valence-electron chi connectivity index (χ1n) is 8.08. The summed E-state index contributed by atoms with van der Waals surface area (Å²) < 4.78 is 4.45. The van der Waals surface area contributed by atoms with Crippen molar-refractivity contribution in [1.82, 2.24) is 29.1 Å². The Morgan fingerprint density at radius 3 is 2.96 bits per heavy atom. The second kappa shape index (κ2) is 5.52. The normalized spacial score (nSPS) is 14.5. The van der Waals surface area contributed by atoms with Crippen molar-refractivity contribution in [2.24, 2.45) is 5.92 Å². The van der Waals surface area contributed by atoms with Crippen molar-refractivity contribution in [1.29, 1.82) is 0 Å². The van der Waals surface area contributed by atoms with E-state index in [0.29, 0.717) is 6.54 Å². The Kier molecular flexibility index (Phi) is 3.19. The molecule has 0 atom stereocenters. The van der Waals surface area contributed by atoms with Crippen LogP contribution in [0.4, 0.5) is 0 Å². The molecule has 0 unspecified atom stereocenters. The molecule has 1 saturated carbocycles. The number of rotatable bonds is 5. The highest BCUT2D eigenvalue weighted by molar-refractivity contribution is 7.13. The summed E-state index contributed by atoms with van der Waals surface area (Å²) in [5.41, 5.74) is 2.13. The van der Waals surface area contributed by atoms with Crippen LogP contribution in [-0.2, 0) is 13.1 Å². The minimum absolute atomic E-state index is 0.691. The summed E-state index contributed by atoms with van der Waals surface area (Å²) in [4.78, 5) is 18.0. The third kappa shape index (κ3) is 2.41. The van der Waals surface area contributed by atoms with Crippen LogP contribution in [0.5, 0.6) is 0 Å². The Balaban J connectivity index is 1.56. The van der Waals surface area contributed by atoms with Gasteiger partial charge in [0, 0.05) is 36.7 Å². The van der Waals surface area contributed by atoms with Gasteiger partial charge in [0.15, 0.2) is 10.8 Å². The number of hydrogen-bond acceptors (Lipinski definition) is 5. The fourth-order valence-electron chi connectivity index (χ4n) is 3.02. The van der Waals surface area contributed by atoms with E-state index in [1.165, 1.54) is 12.8 Å². The molecule has 4 aromatic heterocycles. The van der Waals surface area contributed by atoms with E-state index in [0.717, 1.165) is 40.2 Å². The zero-order valence-electron chi connectivity index (χ0n) is 13.0. The quantitative estimate of drug-likeness (QED) is 0.561. The summed E-state index contributed by atoms with van der Waals surface area (Å²) in [5.74, 6) is 2.73. The molecular formula is C17H16N6S. The number of nitrogens with zero attached hydrogens (tertiary/aromatic N) is 6. The lowest BCUT2D eigenvalue weighted by Crippen LogP contribution is -2.10. The molecule has 7 heteroatoms. The fraction of sp³-hybridized carbons (Fsp3) is 0.294. The molecule has 5 rings (SSSR count). The molecule has 0 aliphatic heterocycles. The average Bonchev–Trinajstić information content (AvgIpc) is 3.01. The lowest BCUT2D eigenvalue weighted by molar-refractivity contribution is 0.592. The Bertz CT molecular complexity index is 980. The maximum absolute atomic E-state index is 4.85. The van der Waals surface area contributed by atoms with Gasteiger partial charge >= 0.3 is 0 Å². The standard InChI is InChI=1S/C17H16N6S/c1-2-12(1)10-23-14-9-18-4-3-13(14)21-15(23)11-22-7-5-19-16(22)17-20-6-8-24-17/h3-9,12H,1-2,10-11H2. The third-order valence-electron chi connectivity index (χ3n) is 4.42. The van der Waals surface area contributed by atoms with Crippen molar-refractivity contribution in [3.63, 3.8) is 0 Å². The second-order valence-electron chi connectivity index (χ2n) is 6.16. The maximum atomic E-state index is 4.85. The predicted molar refractivity (Wildman–Crippen MR) is 92.7 cm³/mol. The first kappa shape index (κ1) is 13.9. The van der Waals surface area contributed by atoms with E-state index >= 15 is 0 Å². The molecule has 6 nitrogen and oxygen atoms in total. The number of aromatic nitrogens is 6. The molecule has 0 aromatic carbocycles. The SMILES string of the molecule is c1cc2nc(Cn3ccnc3-c3nccs3)n(CC3CC3)c2cn1. The van der Waals surface area contributed by atoms with Crippen molar-refractivity contribution in [2.45, 2.75) is 25.9 Å². The van der Waals surface area contributed by atoms with Crippen LogP contribution >= 0.6 is 11.3 Å². The van der Waals surface area contributed by atoms with Gasteiger partial charge in [-0.25, -0.2) is 15.0 Å². The molecule has 0 radical (unpaired) electrons. The van der Waals surface area contributed by atoms with Crippen LogP contribution < -0.4 is 0 Å². The molecule has 4 heterocycles. The number of thiazole rings is 1. The van der Waals surface area contributed by atoms with Gasteiger partial charge in [-0.3, -0.25) is 4.98 Å². The third-order valence-corrected chi connectivity index (χ3v) is 5.19. The van der Waals surface area contributed by atoms with Crippen LogP contribution in [0.2, 0.25) is 0 Å². The highest BCUT2D eigenvalue weighted by atomic mass is 32.1. The Morgan fingerprint density at radius 1 is 1.17 bits per heavy atom. The highest BCUT2D eigenvalue weighted by Gasteiger charge is 2.24. The lowest BCUT2D eigenvalue weighted by atomic mass is 10.3. The van der Waals surface area contributed by atoms with Crippen LogP contribution in [0.25, 0.3) is 21.9 Å². The van der Waals surface area contributed by atoms with Gasteiger partial charge in [0.2, 0.25) is 0 Å². The number of pyridine rings is 1. The van der Waals surface area contributed by atoms with E-state index in [-0.39, 0.29) is 0 Å². The van der Waals surface area contributed by atoms with Gasteiger partial charge in [-0.15, -0.1) is 11.3 Å². The van der Waals surface area contributed by atoms with Crippen LogP contribution in [-0.4, -0.2) is 29.1 Å². The summed E-state index contributed by atoms with van der Waals surface area (Å²) in [6.45, 7) is 1.72. The van der Waals surface area contributed by atoms with Gasteiger partial charge in [0.25, 0.3) is 0 Å². The largest absolute Gasteiger partial charge is 0.325 e. The summed E-state index contributed by atoms with van der Waals surface area (Å²) >= 11 is 1.60. The summed E-state index contributed by atoms with van der Waals surface area (Å²) in [6.07, 6.45) is 12.0. The van der Waals surface area contributed by atoms with Crippen LogP contribution in [0.15, 0.2) is 42.4 Å². The van der Waals surface area contributed by atoms with Gasteiger partial charge in [0.1, 0.15) is 5.82 Å². The molecule has 1 aliphatic carbocycles. The first-order chi connectivity index (χ1) is 11.9. The lowest BCUT2D eigenvalue weighted by Gasteiger charge is -2.10. The topological polar surface area (TPSA) is 61.4 Å². The van der Waals surface area contributed by atoms with Crippen LogP contribution in [0.1, 0.15) is 18.7 Å². The Labute approximate surface area is 142 Å². The average molecular weight is 336 g/mol. The Hall–Kier alpha value is -2.54. The first-order valence-corrected chi connectivity index (χ1v) is 8.96. The maximum Gasteiger partial charge on any atom is 0.169 e. The van der Waals surface area contributed by atoms with E-state index in [1.807, 2.05) is 36.2 Å². The van der Waals surface area contributed by atoms with Crippen molar-refractivity contribution in [3.05, 3.63) is 48.3 Å². The van der Waals surface area contributed by atoms with Gasteiger partial charge in [-0.2, -0.15) is 0 Å². The molecule has 120 valence electrons. The van der Waals surface area contributed by atoms with Gasteiger partial charge < -0.3 is 9.13 Å². The Morgan fingerprint density at radius 2 is 2.12 bits per heavy atom.